The highest BCUT2D eigenvalue weighted by molar-refractivity contribution is 6.06. The van der Waals surface area contributed by atoms with Gasteiger partial charge in [-0.05, 0) is 18.8 Å². The van der Waals surface area contributed by atoms with E-state index in [2.05, 4.69) is 4.98 Å². The molecule has 1 heterocycles. The van der Waals surface area contributed by atoms with Gasteiger partial charge >= 0.3 is 5.97 Å². The van der Waals surface area contributed by atoms with Crippen LogP contribution in [-0.4, -0.2) is 40.9 Å². The number of aliphatic hydroxyl groups is 1. The molecule has 21 heavy (non-hydrogen) atoms. The van der Waals surface area contributed by atoms with Crippen molar-refractivity contribution in [2.45, 2.75) is 18.9 Å². The Labute approximate surface area is 122 Å². The molecule has 1 aliphatic rings. The molecule has 0 aliphatic heterocycles. The first-order valence-corrected chi connectivity index (χ1v) is 7.06. The van der Waals surface area contributed by atoms with Gasteiger partial charge in [-0.1, -0.05) is 24.3 Å². The standard InChI is InChI=1S/C16H18N2O3/c1-18(9-10-6-11(19)7-10)15-13-5-3-2-4-12(13)14(8-17-15)16(20)21/h2-5,8,10-11,19H,6-7,9H2,1H3,(H,20,21). The number of carbonyl (C=O) groups is 1. The van der Waals surface area contributed by atoms with E-state index in [1.54, 1.807) is 0 Å². The zero-order valence-corrected chi connectivity index (χ0v) is 11.9. The van der Waals surface area contributed by atoms with Crippen LogP contribution in [0.5, 0.6) is 0 Å². The van der Waals surface area contributed by atoms with Crippen molar-refractivity contribution in [1.82, 2.24) is 4.98 Å². The minimum atomic E-state index is -0.963. The smallest absolute Gasteiger partial charge is 0.337 e. The minimum absolute atomic E-state index is 0.164. The lowest BCUT2D eigenvalue weighted by Gasteiger charge is -2.35. The SMILES string of the molecule is CN(CC1CC(O)C1)c1ncc(C(=O)O)c2ccccc12. The molecular weight excluding hydrogens is 268 g/mol. The molecule has 1 aromatic carbocycles. The molecular formula is C16H18N2O3. The minimum Gasteiger partial charge on any atom is -0.478 e. The van der Waals surface area contributed by atoms with E-state index in [1.807, 2.05) is 36.2 Å². The predicted molar refractivity (Wildman–Crippen MR) is 80.7 cm³/mol. The Morgan fingerprint density at radius 2 is 2.00 bits per heavy atom. The molecule has 1 aromatic heterocycles. The average Bonchev–Trinajstić information content (AvgIpc) is 2.44. The van der Waals surface area contributed by atoms with Crippen LogP contribution < -0.4 is 4.90 Å². The Morgan fingerprint density at radius 1 is 1.33 bits per heavy atom. The Kier molecular flexibility index (Phi) is 3.51. The summed E-state index contributed by atoms with van der Waals surface area (Å²) in [6, 6.07) is 7.43. The van der Waals surface area contributed by atoms with Crippen LogP contribution in [0.3, 0.4) is 0 Å². The highest BCUT2D eigenvalue weighted by Gasteiger charge is 2.28. The van der Waals surface area contributed by atoms with Gasteiger partial charge in [-0.15, -0.1) is 0 Å². The van der Waals surface area contributed by atoms with Crippen LogP contribution in [0.2, 0.25) is 0 Å². The van der Waals surface area contributed by atoms with E-state index in [0.29, 0.717) is 11.3 Å². The topological polar surface area (TPSA) is 73.7 Å². The quantitative estimate of drug-likeness (QED) is 0.900. The van der Waals surface area contributed by atoms with Gasteiger partial charge in [0.1, 0.15) is 5.82 Å². The summed E-state index contributed by atoms with van der Waals surface area (Å²) in [7, 11) is 1.96. The predicted octanol–water partition coefficient (Wildman–Crippen LogP) is 2.14. The third kappa shape index (κ3) is 2.56. The van der Waals surface area contributed by atoms with E-state index in [0.717, 1.165) is 30.6 Å². The van der Waals surface area contributed by atoms with Crippen LogP contribution in [0.4, 0.5) is 5.82 Å². The maximum atomic E-state index is 11.3. The molecule has 3 rings (SSSR count). The molecule has 0 unspecified atom stereocenters. The number of fused-ring (bicyclic) bond motifs is 1. The monoisotopic (exact) mass is 286 g/mol. The molecule has 1 aliphatic carbocycles. The number of carboxylic acid groups (broad SMARTS) is 1. The number of aliphatic hydroxyl groups excluding tert-OH is 1. The second kappa shape index (κ2) is 5.33. The van der Waals surface area contributed by atoms with E-state index >= 15 is 0 Å². The number of rotatable bonds is 4. The maximum absolute atomic E-state index is 11.3. The van der Waals surface area contributed by atoms with Crippen LogP contribution in [0.1, 0.15) is 23.2 Å². The largest absolute Gasteiger partial charge is 0.478 e. The first-order chi connectivity index (χ1) is 10.1. The number of aromatic nitrogens is 1. The Balaban J connectivity index is 1.95. The summed E-state index contributed by atoms with van der Waals surface area (Å²) in [4.78, 5) is 17.7. The van der Waals surface area contributed by atoms with Gasteiger partial charge in [-0.3, -0.25) is 0 Å². The molecule has 0 amide bonds. The normalized spacial score (nSPS) is 21.0. The lowest BCUT2D eigenvalue weighted by molar-refractivity contribution is 0.0464. The zero-order chi connectivity index (χ0) is 15.0. The number of pyridine rings is 1. The molecule has 2 aromatic rings. The fourth-order valence-electron chi connectivity index (χ4n) is 2.98. The van der Waals surface area contributed by atoms with E-state index in [1.165, 1.54) is 6.20 Å². The van der Waals surface area contributed by atoms with Gasteiger partial charge in [0.25, 0.3) is 0 Å². The molecule has 0 spiro atoms. The summed E-state index contributed by atoms with van der Waals surface area (Å²) in [5.41, 5.74) is 0.224. The van der Waals surface area contributed by atoms with Crippen molar-refractivity contribution in [1.29, 1.82) is 0 Å². The first kappa shape index (κ1) is 13.8. The van der Waals surface area contributed by atoms with Crippen LogP contribution in [0.15, 0.2) is 30.5 Å². The van der Waals surface area contributed by atoms with Gasteiger partial charge in [-0.2, -0.15) is 0 Å². The maximum Gasteiger partial charge on any atom is 0.337 e. The summed E-state index contributed by atoms with van der Waals surface area (Å²) in [6.07, 6.45) is 2.92. The second-order valence-corrected chi connectivity index (χ2v) is 5.72. The summed E-state index contributed by atoms with van der Waals surface area (Å²) in [5, 5.41) is 20.2. The molecule has 2 N–H and O–H groups in total. The third-order valence-corrected chi connectivity index (χ3v) is 4.11. The lowest BCUT2D eigenvalue weighted by atomic mass is 9.82. The summed E-state index contributed by atoms with van der Waals surface area (Å²) < 4.78 is 0. The average molecular weight is 286 g/mol. The zero-order valence-electron chi connectivity index (χ0n) is 11.9. The molecule has 0 radical (unpaired) electrons. The molecule has 5 nitrogen and oxygen atoms in total. The lowest BCUT2D eigenvalue weighted by Crippen LogP contribution is -2.37. The molecule has 0 atom stereocenters. The Bertz CT molecular complexity index is 680. The number of benzene rings is 1. The van der Waals surface area contributed by atoms with E-state index < -0.39 is 5.97 Å². The van der Waals surface area contributed by atoms with Crippen molar-refractivity contribution >= 4 is 22.6 Å². The fraction of sp³-hybridized carbons (Fsp3) is 0.375. The van der Waals surface area contributed by atoms with E-state index in [-0.39, 0.29) is 11.7 Å². The molecule has 5 heteroatoms. The van der Waals surface area contributed by atoms with E-state index in [9.17, 15) is 15.0 Å². The van der Waals surface area contributed by atoms with Crippen molar-refractivity contribution in [3.8, 4) is 0 Å². The van der Waals surface area contributed by atoms with Gasteiger partial charge in [0, 0.05) is 30.6 Å². The highest BCUT2D eigenvalue weighted by Crippen LogP contribution is 2.31. The summed E-state index contributed by atoms with van der Waals surface area (Å²) >= 11 is 0. The number of anilines is 1. The van der Waals surface area contributed by atoms with Gasteiger partial charge < -0.3 is 15.1 Å². The van der Waals surface area contributed by atoms with E-state index in [4.69, 9.17) is 0 Å². The van der Waals surface area contributed by atoms with Crippen LogP contribution in [0, 0.1) is 5.92 Å². The van der Waals surface area contributed by atoms with Crippen molar-refractivity contribution in [2.24, 2.45) is 5.92 Å². The van der Waals surface area contributed by atoms with Crippen molar-refractivity contribution < 1.29 is 15.0 Å². The van der Waals surface area contributed by atoms with Gasteiger partial charge in [-0.25, -0.2) is 9.78 Å². The highest BCUT2D eigenvalue weighted by atomic mass is 16.4. The van der Waals surface area contributed by atoms with Crippen molar-refractivity contribution in [3.63, 3.8) is 0 Å². The molecule has 1 fully saturated rings. The van der Waals surface area contributed by atoms with Crippen molar-refractivity contribution in [2.75, 3.05) is 18.5 Å². The van der Waals surface area contributed by atoms with Gasteiger partial charge in [0.2, 0.25) is 0 Å². The third-order valence-electron chi connectivity index (χ3n) is 4.11. The van der Waals surface area contributed by atoms with Crippen LogP contribution >= 0.6 is 0 Å². The Hall–Kier alpha value is -2.14. The number of nitrogens with zero attached hydrogens (tertiary/aromatic N) is 2. The van der Waals surface area contributed by atoms with Crippen LogP contribution in [-0.2, 0) is 0 Å². The first-order valence-electron chi connectivity index (χ1n) is 7.06. The summed E-state index contributed by atoms with van der Waals surface area (Å²) in [6.45, 7) is 0.820. The van der Waals surface area contributed by atoms with Crippen LogP contribution in [0.25, 0.3) is 10.8 Å². The Morgan fingerprint density at radius 3 is 2.62 bits per heavy atom. The number of hydrogen-bond acceptors (Lipinski definition) is 4. The fourth-order valence-corrected chi connectivity index (χ4v) is 2.98. The number of carboxylic acids is 1. The second-order valence-electron chi connectivity index (χ2n) is 5.72. The number of hydrogen-bond donors (Lipinski definition) is 2. The summed E-state index contributed by atoms with van der Waals surface area (Å²) in [5.74, 6) is 0.303. The number of aromatic carboxylic acids is 1. The van der Waals surface area contributed by atoms with Gasteiger partial charge in [0.15, 0.2) is 0 Å². The van der Waals surface area contributed by atoms with Crippen molar-refractivity contribution in [3.05, 3.63) is 36.0 Å². The molecule has 0 bridgehead atoms. The van der Waals surface area contributed by atoms with Gasteiger partial charge in [0.05, 0.1) is 11.7 Å². The molecule has 0 saturated heterocycles. The molecule has 1 saturated carbocycles. The molecule has 110 valence electrons.